The summed E-state index contributed by atoms with van der Waals surface area (Å²) in [7, 11) is 0. The molecule has 2 amide bonds. The first kappa shape index (κ1) is 19.2. The van der Waals surface area contributed by atoms with Crippen molar-refractivity contribution in [2.75, 3.05) is 6.54 Å². The predicted octanol–water partition coefficient (Wildman–Crippen LogP) is 1.91. The maximum Gasteiger partial charge on any atom is 0.239 e. The summed E-state index contributed by atoms with van der Waals surface area (Å²) in [6.07, 6.45) is 0. The molecule has 1 aromatic carbocycles. The highest BCUT2D eigenvalue weighted by Gasteiger charge is 2.21. The number of rotatable bonds is 7. The third-order valence-corrected chi connectivity index (χ3v) is 3.95. The van der Waals surface area contributed by atoms with Gasteiger partial charge in [-0.15, -0.1) is 0 Å². The lowest BCUT2D eigenvalue weighted by Crippen LogP contribution is -2.47. The Balaban J connectivity index is 2.66. The van der Waals surface area contributed by atoms with Crippen LogP contribution in [0.15, 0.2) is 24.3 Å². The fourth-order valence-electron chi connectivity index (χ4n) is 2.35. The Morgan fingerprint density at radius 1 is 1.09 bits per heavy atom. The van der Waals surface area contributed by atoms with Crippen molar-refractivity contribution in [3.63, 3.8) is 0 Å². The third kappa shape index (κ3) is 5.67. The van der Waals surface area contributed by atoms with Gasteiger partial charge in [0.1, 0.15) is 0 Å². The van der Waals surface area contributed by atoms with E-state index in [2.05, 4.69) is 24.5 Å². The number of nitrogens with two attached hydrogens (primary N) is 1. The Bertz CT molecular complexity index is 541. The first-order valence-corrected chi connectivity index (χ1v) is 8.12. The van der Waals surface area contributed by atoms with E-state index in [-0.39, 0.29) is 36.2 Å². The average molecular weight is 319 g/mol. The van der Waals surface area contributed by atoms with Crippen molar-refractivity contribution in [1.29, 1.82) is 0 Å². The van der Waals surface area contributed by atoms with Gasteiger partial charge in [-0.3, -0.25) is 9.59 Å². The number of aryl methyl sites for hydroxylation is 1. The SMILES string of the molecule is Cc1ccccc1C(NC(=O)CNC(=O)[C@@H](N)C(C)C)C(C)C. The van der Waals surface area contributed by atoms with Crippen molar-refractivity contribution < 1.29 is 9.59 Å². The van der Waals surface area contributed by atoms with Crippen molar-refractivity contribution in [3.05, 3.63) is 35.4 Å². The molecule has 0 saturated heterocycles. The van der Waals surface area contributed by atoms with E-state index in [0.29, 0.717) is 0 Å². The minimum atomic E-state index is -0.597. The van der Waals surface area contributed by atoms with E-state index < -0.39 is 6.04 Å². The summed E-state index contributed by atoms with van der Waals surface area (Å²) in [4.78, 5) is 24.0. The molecule has 1 aromatic rings. The van der Waals surface area contributed by atoms with Crippen molar-refractivity contribution in [3.8, 4) is 0 Å². The number of carbonyl (C=O) groups is 2. The molecule has 1 unspecified atom stereocenters. The quantitative estimate of drug-likeness (QED) is 0.718. The van der Waals surface area contributed by atoms with Gasteiger partial charge in [-0.05, 0) is 29.9 Å². The van der Waals surface area contributed by atoms with Gasteiger partial charge >= 0.3 is 0 Å². The van der Waals surface area contributed by atoms with Crippen LogP contribution >= 0.6 is 0 Å². The maximum atomic E-state index is 12.2. The number of benzene rings is 1. The van der Waals surface area contributed by atoms with Crippen LogP contribution in [0.3, 0.4) is 0 Å². The molecular weight excluding hydrogens is 290 g/mol. The largest absolute Gasteiger partial charge is 0.347 e. The van der Waals surface area contributed by atoms with Crippen molar-refractivity contribution in [2.24, 2.45) is 17.6 Å². The number of amides is 2. The van der Waals surface area contributed by atoms with E-state index in [0.717, 1.165) is 11.1 Å². The van der Waals surface area contributed by atoms with Crippen LogP contribution < -0.4 is 16.4 Å². The molecule has 0 aliphatic heterocycles. The normalized spacial score (nSPS) is 13.7. The highest BCUT2D eigenvalue weighted by Crippen LogP contribution is 2.24. The van der Waals surface area contributed by atoms with Crippen molar-refractivity contribution in [1.82, 2.24) is 10.6 Å². The van der Waals surface area contributed by atoms with Gasteiger partial charge in [0.2, 0.25) is 11.8 Å². The van der Waals surface area contributed by atoms with E-state index in [1.54, 1.807) is 0 Å². The zero-order valence-electron chi connectivity index (χ0n) is 14.7. The van der Waals surface area contributed by atoms with Gasteiger partial charge in [-0.2, -0.15) is 0 Å². The van der Waals surface area contributed by atoms with Gasteiger partial charge in [0, 0.05) is 0 Å². The van der Waals surface area contributed by atoms with Gasteiger partial charge in [-0.1, -0.05) is 52.0 Å². The number of hydrogen-bond acceptors (Lipinski definition) is 3. The van der Waals surface area contributed by atoms with E-state index >= 15 is 0 Å². The standard InChI is InChI=1S/C18H29N3O2/c1-11(2)16(19)18(23)20-10-15(22)21-17(12(3)4)14-9-7-6-8-13(14)5/h6-9,11-12,16-17H,10,19H2,1-5H3,(H,20,23)(H,21,22)/t16-,17?/m0/s1. The minimum Gasteiger partial charge on any atom is -0.347 e. The molecule has 0 heterocycles. The molecule has 0 saturated carbocycles. The molecule has 5 heteroatoms. The van der Waals surface area contributed by atoms with E-state index in [4.69, 9.17) is 5.73 Å². The molecule has 0 spiro atoms. The van der Waals surface area contributed by atoms with E-state index in [1.165, 1.54) is 0 Å². The Labute approximate surface area is 139 Å². The van der Waals surface area contributed by atoms with Crippen molar-refractivity contribution in [2.45, 2.75) is 46.7 Å². The second-order valence-electron chi connectivity index (χ2n) is 6.63. The number of nitrogens with one attached hydrogen (secondary N) is 2. The highest BCUT2D eigenvalue weighted by molar-refractivity contribution is 5.87. The van der Waals surface area contributed by atoms with Crippen LogP contribution in [0.2, 0.25) is 0 Å². The smallest absolute Gasteiger partial charge is 0.239 e. The monoisotopic (exact) mass is 319 g/mol. The van der Waals surface area contributed by atoms with Gasteiger partial charge in [-0.25, -0.2) is 0 Å². The van der Waals surface area contributed by atoms with Crippen LogP contribution in [0, 0.1) is 18.8 Å². The van der Waals surface area contributed by atoms with Gasteiger partial charge in [0.05, 0.1) is 18.6 Å². The molecular formula is C18H29N3O2. The third-order valence-electron chi connectivity index (χ3n) is 3.95. The van der Waals surface area contributed by atoms with Crippen LogP contribution in [0.25, 0.3) is 0 Å². The summed E-state index contributed by atoms with van der Waals surface area (Å²) in [5.41, 5.74) is 8.00. The molecule has 0 radical (unpaired) electrons. The molecule has 0 bridgehead atoms. The summed E-state index contributed by atoms with van der Waals surface area (Å²) in [5.74, 6) is -0.231. The lowest BCUT2D eigenvalue weighted by atomic mass is 9.92. The molecule has 0 aliphatic rings. The molecule has 23 heavy (non-hydrogen) atoms. The van der Waals surface area contributed by atoms with E-state index in [9.17, 15) is 9.59 Å². The summed E-state index contributed by atoms with van der Waals surface area (Å²) in [5, 5.41) is 5.60. The number of hydrogen-bond donors (Lipinski definition) is 3. The van der Waals surface area contributed by atoms with Crippen LogP contribution in [0.1, 0.15) is 44.9 Å². The Hall–Kier alpha value is -1.88. The Morgan fingerprint density at radius 3 is 2.22 bits per heavy atom. The molecule has 5 nitrogen and oxygen atoms in total. The summed E-state index contributed by atoms with van der Waals surface area (Å²) >= 11 is 0. The molecule has 128 valence electrons. The predicted molar refractivity (Wildman–Crippen MR) is 92.7 cm³/mol. The summed E-state index contributed by atoms with van der Waals surface area (Å²) < 4.78 is 0. The second-order valence-corrected chi connectivity index (χ2v) is 6.63. The van der Waals surface area contributed by atoms with Crippen LogP contribution in [0.4, 0.5) is 0 Å². The molecule has 1 rings (SSSR count). The van der Waals surface area contributed by atoms with Gasteiger partial charge < -0.3 is 16.4 Å². The fourth-order valence-corrected chi connectivity index (χ4v) is 2.35. The zero-order chi connectivity index (χ0) is 17.6. The van der Waals surface area contributed by atoms with Gasteiger partial charge in [0.25, 0.3) is 0 Å². The summed E-state index contributed by atoms with van der Waals surface area (Å²) in [6, 6.07) is 7.31. The van der Waals surface area contributed by atoms with Crippen LogP contribution in [0.5, 0.6) is 0 Å². The first-order valence-electron chi connectivity index (χ1n) is 8.12. The van der Waals surface area contributed by atoms with Crippen LogP contribution in [-0.4, -0.2) is 24.4 Å². The second kappa shape index (κ2) is 8.67. The summed E-state index contributed by atoms with van der Waals surface area (Å²) in [6.45, 7) is 9.83. The maximum absolute atomic E-state index is 12.2. The van der Waals surface area contributed by atoms with Crippen molar-refractivity contribution >= 4 is 11.8 Å². The molecule has 0 aromatic heterocycles. The Morgan fingerprint density at radius 2 is 1.70 bits per heavy atom. The lowest BCUT2D eigenvalue weighted by molar-refractivity contribution is -0.127. The minimum absolute atomic E-state index is 0.0356. The topological polar surface area (TPSA) is 84.2 Å². The molecule has 2 atom stereocenters. The average Bonchev–Trinajstić information content (AvgIpc) is 2.50. The van der Waals surface area contributed by atoms with E-state index in [1.807, 2.05) is 45.0 Å². The van der Waals surface area contributed by atoms with Crippen LogP contribution in [-0.2, 0) is 9.59 Å². The van der Waals surface area contributed by atoms with Gasteiger partial charge in [0.15, 0.2) is 0 Å². The molecule has 0 fully saturated rings. The Kier molecular flexibility index (Phi) is 7.23. The first-order chi connectivity index (χ1) is 10.7. The molecule has 4 N–H and O–H groups in total. The number of carbonyl (C=O) groups excluding carboxylic acids is 2. The molecule has 0 aliphatic carbocycles. The fraction of sp³-hybridized carbons (Fsp3) is 0.556. The lowest BCUT2D eigenvalue weighted by Gasteiger charge is -2.25. The zero-order valence-corrected chi connectivity index (χ0v) is 14.7. The highest BCUT2D eigenvalue weighted by atomic mass is 16.2.